The Labute approximate surface area is 247 Å². The Morgan fingerprint density at radius 1 is 0.452 bits per heavy atom. The van der Waals surface area contributed by atoms with Crippen LogP contribution in [0.25, 0.3) is 71.3 Å². The van der Waals surface area contributed by atoms with Crippen LogP contribution >= 0.6 is 0 Å². The van der Waals surface area contributed by atoms with E-state index in [1.165, 1.54) is 65.7 Å². The molecule has 0 spiro atoms. The summed E-state index contributed by atoms with van der Waals surface area (Å²) in [7, 11) is 0. The van der Waals surface area contributed by atoms with Crippen LogP contribution in [0.15, 0.2) is 171 Å². The van der Waals surface area contributed by atoms with E-state index in [0.717, 1.165) is 11.1 Å². The molecule has 198 valence electrons. The van der Waals surface area contributed by atoms with E-state index in [1.807, 2.05) is 18.2 Å². The van der Waals surface area contributed by atoms with Crippen LogP contribution in [0.1, 0.15) is 5.56 Å². The molecule has 0 aliphatic heterocycles. The molecular weight excluding hydrogens is 504 g/mol. The molecule has 0 saturated carbocycles. The van der Waals surface area contributed by atoms with Gasteiger partial charge in [-0.3, -0.25) is 0 Å². The predicted molar refractivity (Wildman–Crippen MR) is 184 cm³/mol. The lowest BCUT2D eigenvalue weighted by Crippen LogP contribution is -1.93. The fourth-order valence-corrected chi connectivity index (χ4v) is 6.32. The van der Waals surface area contributed by atoms with Gasteiger partial charge in [0.1, 0.15) is 0 Å². The van der Waals surface area contributed by atoms with E-state index in [4.69, 9.17) is 0 Å². The average molecular weight is 535 g/mol. The second-order valence-corrected chi connectivity index (χ2v) is 10.6. The first-order valence-electron chi connectivity index (χ1n) is 14.3. The van der Waals surface area contributed by atoms with Gasteiger partial charge in [0.25, 0.3) is 0 Å². The Bertz CT molecular complexity index is 2100. The first-order chi connectivity index (χ1) is 20.8. The molecule has 0 nitrogen and oxygen atoms in total. The summed E-state index contributed by atoms with van der Waals surface area (Å²) in [5.74, 6) is 0. The topological polar surface area (TPSA) is 0 Å². The molecule has 0 aliphatic carbocycles. The van der Waals surface area contributed by atoms with Gasteiger partial charge >= 0.3 is 0 Å². The van der Waals surface area contributed by atoms with Crippen molar-refractivity contribution in [2.45, 2.75) is 0 Å². The molecule has 0 N–H and O–H groups in total. The SMILES string of the molecule is C=CC=C(C=C)c1cc(-c2ccccc2)cc(-c2c3ccccc3c(-c3cccc4ccccc34)c3ccccc23)c1. The summed E-state index contributed by atoms with van der Waals surface area (Å²) in [5, 5.41) is 7.49. The maximum atomic E-state index is 4.11. The molecule has 7 rings (SSSR count). The average Bonchev–Trinajstić information content (AvgIpc) is 3.06. The third-order valence-corrected chi connectivity index (χ3v) is 8.17. The van der Waals surface area contributed by atoms with Crippen LogP contribution in [0.3, 0.4) is 0 Å². The second kappa shape index (κ2) is 10.8. The molecule has 0 aromatic heterocycles. The van der Waals surface area contributed by atoms with Crippen molar-refractivity contribution in [1.29, 1.82) is 0 Å². The highest BCUT2D eigenvalue weighted by atomic mass is 14.2. The summed E-state index contributed by atoms with van der Waals surface area (Å²) in [5.41, 5.74) is 9.48. The van der Waals surface area contributed by atoms with Gasteiger partial charge in [0, 0.05) is 0 Å². The first kappa shape index (κ1) is 25.5. The summed E-state index contributed by atoms with van der Waals surface area (Å²) < 4.78 is 0. The van der Waals surface area contributed by atoms with E-state index < -0.39 is 0 Å². The molecule has 0 unspecified atom stereocenters. The summed E-state index contributed by atoms with van der Waals surface area (Å²) in [6.45, 7) is 8.07. The van der Waals surface area contributed by atoms with Crippen molar-refractivity contribution in [3.05, 3.63) is 176 Å². The van der Waals surface area contributed by atoms with Gasteiger partial charge < -0.3 is 0 Å². The van der Waals surface area contributed by atoms with Crippen molar-refractivity contribution in [3.8, 4) is 33.4 Å². The summed E-state index contributed by atoms with van der Waals surface area (Å²) in [6.07, 6.45) is 5.77. The predicted octanol–water partition coefficient (Wildman–Crippen LogP) is 11.9. The van der Waals surface area contributed by atoms with Crippen LogP contribution in [-0.2, 0) is 0 Å². The van der Waals surface area contributed by atoms with Crippen molar-refractivity contribution >= 4 is 37.9 Å². The molecule has 0 amide bonds. The third kappa shape index (κ3) is 4.35. The molecule has 7 aromatic rings. The molecule has 0 fully saturated rings. The summed E-state index contributed by atoms with van der Waals surface area (Å²) in [6, 6.07) is 50.5. The highest BCUT2D eigenvalue weighted by Crippen LogP contribution is 2.46. The molecule has 0 bridgehead atoms. The molecule has 0 aliphatic rings. The smallest absolute Gasteiger partial charge is 0.00201 e. The maximum Gasteiger partial charge on any atom is -0.00201 e. The summed E-state index contributed by atoms with van der Waals surface area (Å²) >= 11 is 0. The van der Waals surface area contributed by atoms with E-state index in [0.29, 0.717) is 0 Å². The lowest BCUT2D eigenvalue weighted by Gasteiger charge is -2.20. The van der Waals surface area contributed by atoms with Crippen LogP contribution in [0.5, 0.6) is 0 Å². The molecule has 42 heavy (non-hydrogen) atoms. The van der Waals surface area contributed by atoms with Gasteiger partial charge in [-0.1, -0.05) is 153 Å². The lowest BCUT2D eigenvalue weighted by molar-refractivity contribution is 1.57. The minimum atomic E-state index is 1.05. The number of fused-ring (bicyclic) bond motifs is 3. The Kier molecular flexibility index (Phi) is 6.58. The Morgan fingerprint density at radius 2 is 1.00 bits per heavy atom. The van der Waals surface area contributed by atoms with E-state index in [-0.39, 0.29) is 0 Å². The maximum absolute atomic E-state index is 4.11. The standard InChI is InChI=1S/C42H30/c1-3-15-29(4-2)32-26-33(30-16-6-5-7-17-30)28-34(27-32)41-37-21-10-12-23-39(37)42(40-24-13-11-22-38(40)41)36-25-14-19-31-18-8-9-20-35(31)36/h3-28H,1-2H2. The van der Waals surface area contributed by atoms with Gasteiger partial charge in [0.2, 0.25) is 0 Å². The van der Waals surface area contributed by atoms with Gasteiger partial charge in [0.15, 0.2) is 0 Å². The molecule has 0 heterocycles. The van der Waals surface area contributed by atoms with E-state index >= 15 is 0 Å². The quantitative estimate of drug-likeness (QED) is 0.147. The monoisotopic (exact) mass is 534 g/mol. The summed E-state index contributed by atoms with van der Waals surface area (Å²) in [4.78, 5) is 0. The van der Waals surface area contributed by atoms with Gasteiger partial charge in [-0.15, -0.1) is 0 Å². The minimum absolute atomic E-state index is 1.05. The Morgan fingerprint density at radius 3 is 1.64 bits per heavy atom. The highest BCUT2D eigenvalue weighted by Gasteiger charge is 2.19. The normalized spacial score (nSPS) is 11.7. The molecule has 0 heteroatoms. The van der Waals surface area contributed by atoms with Crippen molar-refractivity contribution < 1.29 is 0 Å². The molecule has 7 aromatic carbocycles. The molecule has 0 atom stereocenters. The van der Waals surface area contributed by atoms with Crippen molar-refractivity contribution in [1.82, 2.24) is 0 Å². The first-order valence-corrected chi connectivity index (χ1v) is 14.3. The number of allylic oxidation sites excluding steroid dienone is 4. The van der Waals surface area contributed by atoms with Gasteiger partial charge in [-0.25, -0.2) is 0 Å². The van der Waals surface area contributed by atoms with Gasteiger partial charge in [-0.2, -0.15) is 0 Å². The lowest BCUT2D eigenvalue weighted by atomic mass is 9.83. The fourth-order valence-electron chi connectivity index (χ4n) is 6.32. The van der Waals surface area contributed by atoms with Crippen molar-refractivity contribution in [3.63, 3.8) is 0 Å². The largest absolute Gasteiger partial charge is 0.0990 e. The fraction of sp³-hybridized carbons (Fsp3) is 0. The Balaban J connectivity index is 1.61. The zero-order valence-electron chi connectivity index (χ0n) is 23.4. The number of benzene rings is 7. The molecular formula is C42H30. The van der Waals surface area contributed by atoms with Crippen LogP contribution in [0.4, 0.5) is 0 Å². The second-order valence-electron chi connectivity index (χ2n) is 10.6. The third-order valence-electron chi connectivity index (χ3n) is 8.17. The number of hydrogen-bond acceptors (Lipinski definition) is 0. The number of rotatable bonds is 6. The van der Waals surface area contributed by atoms with Gasteiger partial charge in [0.05, 0.1) is 0 Å². The van der Waals surface area contributed by atoms with E-state index in [9.17, 15) is 0 Å². The van der Waals surface area contributed by atoms with Crippen molar-refractivity contribution in [2.24, 2.45) is 0 Å². The Hall–Kier alpha value is -5.46. The number of hydrogen-bond donors (Lipinski definition) is 0. The van der Waals surface area contributed by atoms with E-state index in [2.05, 4.69) is 153 Å². The zero-order valence-corrected chi connectivity index (χ0v) is 23.4. The van der Waals surface area contributed by atoms with Crippen LogP contribution < -0.4 is 0 Å². The van der Waals surface area contributed by atoms with E-state index in [1.54, 1.807) is 0 Å². The van der Waals surface area contributed by atoms with Crippen LogP contribution in [-0.4, -0.2) is 0 Å². The van der Waals surface area contributed by atoms with Crippen LogP contribution in [0, 0.1) is 0 Å². The highest BCUT2D eigenvalue weighted by molar-refractivity contribution is 6.23. The van der Waals surface area contributed by atoms with Crippen molar-refractivity contribution in [2.75, 3.05) is 0 Å². The van der Waals surface area contributed by atoms with Crippen LogP contribution in [0.2, 0.25) is 0 Å². The minimum Gasteiger partial charge on any atom is -0.0990 e. The van der Waals surface area contributed by atoms with Gasteiger partial charge in [-0.05, 0) is 95.0 Å². The molecule has 0 saturated heterocycles. The molecule has 0 radical (unpaired) electrons. The zero-order chi connectivity index (χ0) is 28.5.